The molecule has 0 aromatic carbocycles. The molecule has 0 unspecified atom stereocenters. The van der Waals surface area contributed by atoms with Gasteiger partial charge < -0.3 is 15.4 Å². The summed E-state index contributed by atoms with van der Waals surface area (Å²) in [5.74, 6) is 0.975. The van der Waals surface area contributed by atoms with E-state index in [-0.39, 0.29) is 0 Å². The fourth-order valence-corrected chi connectivity index (χ4v) is 1.32. The van der Waals surface area contributed by atoms with E-state index in [1.165, 1.54) is 0 Å². The summed E-state index contributed by atoms with van der Waals surface area (Å²) < 4.78 is 5.00. The first-order valence-corrected chi connectivity index (χ1v) is 5.13. The van der Waals surface area contributed by atoms with Crippen LogP contribution in [0.25, 0.3) is 0 Å². The van der Waals surface area contributed by atoms with Crippen molar-refractivity contribution in [2.45, 2.75) is 13.0 Å². The van der Waals surface area contributed by atoms with E-state index < -0.39 is 0 Å². The summed E-state index contributed by atoms with van der Waals surface area (Å²) in [4.78, 5) is 6.44. The van der Waals surface area contributed by atoms with Gasteiger partial charge in [-0.15, -0.1) is 0 Å². The van der Waals surface area contributed by atoms with Gasteiger partial charge in [-0.05, 0) is 18.1 Å². The molecule has 1 aromatic heterocycles. The van der Waals surface area contributed by atoms with Crippen LogP contribution >= 0.6 is 0 Å². The third-order valence-corrected chi connectivity index (χ3v) is 2.28. The number of hydrogen-bond donors (Lipinski definition) is 1. The molecule has 0 atom stereocenters. The highest BCUT2D eigenvalue weighted by Crippen LogP contribution is 2.09. The normalized spacial score (nSPS) is 10.3. The van der Waals surface area contributed by atoms with E-state index in [0.29, 0.717) is 6.54 Å². The molecule has 0 aliphatic heterocycles. The van der Waals surface area contributed by atoms with Gasteiger partial charge in [-0.3, -0.25) is 0 Å². The van der Waals surface area contributed by atoms with Gasteiger partial charge in [-0.2, -0.15) is 0 Å². The van der Waals surface area contributed by atoms with Gasteiger partial charge in [0.2, 0.25) is 0 Å². The number of rotatable bonds is 6. The molecule has 0 amide bonds. The SMILES string of the molecule is COCCCN(C)c1ccc(CN)cn1. The van der Waals surface area contributed by atoms with Crippen molar-refractivity contribution in [3.63, 3.8) is 0 Å². The van der Waals surface area contributed by atoms with Gasteiger partial charge in [-0.1, -0.05) is 6.07 Å². The molecule has 0 saturated heterocycles. The van der Waals surface area contributed by atoms with Crippen molar-refractivity contribution in [2.75, 3.05) is 32.2 Å². The Labute approximate surface area is 91.1 Å². The third-order valence-electron chi connectivity index (χ3n) is 2.28. The molecule has 0 aliphatic rings. The van der Waals surface area contributed by atoms with Crippen LogP contribution in [0.4, 0.5) is 5.82 Å². The van der Waals surface area contributed by atoms with E-state index in [9.17, 15) is 0 Å². The lowest BCUT2D eigenvalue weighted by atomic mass is 10.3. The van der Waals surface area contributed by atoms with Crippen molar-refractivity contribution in [2.24, 2.45) is 5.73 Å². The lowest BCUT2D eigenvalue weighted by Gasteiger charge is -2.17. The van der Waals surface area contributed by atoms with E-state index in [1.54, 1.807) is 7.11 Å². The van der Waals surface area contributed by atoms with Crippen LogP contribution in [0.2, 0.25) is 0 Å². The Morgan fingerprint density at radius 1 is 1.47 bits per heavy atom. The second kappa shape index (κ2) is 6.37. The maximum absolute atomic E-state index is 5.50. The van der Waals surface area contributed by atoms with Gasteiger partial charge in [0.25, 0.3) is 0 Å². The van der Waals surface area contributed by atoms with Crippen LogP contribution in [0.1, 0.15) is 12.0 Å². The van der Waals surface area contributed by atoms with Gasteiger partial charge in [0.05, 0.1) is 0 Å². The average Bonchev–Trinajstić information content (AvgIpc) is 2.29. The van der Waals surface area contributed by atoms with Crippen LogP contribution in [0, 0.1) is 0 Å². The minimum absolute atomic E-state index is 0.542. The molecule has 84 valence electrons. The molecule has 0 fully saturated rings. The smallest absolute Gasteiger partial charge is 0.128 e. The summed E-state index contributed by atoms with van der Waals surface area (Å²) in [5.41, 5.74) is 6.56. The quantitative estimate of drug-likeness (QED) is 0.710. The van der Waals surface area contributed by atoms with Gasteiger partial charge in [-0.25, -0.2) is 4.98 Å². The highest BCUT2D eigenvalue weighted by Gasteiger charge is 2.01. The van der Waals surface area contributed by atoms with Gasteiger partial charge in [0.1, 0.15) is 5.82 Å². The van der Waals surface area contributed by atoms with E-state index in [0.717, 1.165) is 31.0 Å². The second-order valence-corrected chi connectivity index (χ2v) is 3.50. The molecular formula is C11H19N3O. The number of nitrogens with two attached hydrogens (primary N) is 1. The first-order chi connectivity index (χ1) is 7.27. The number of aromatic nitrogens is 1. The van der Waals surface area contributed by atoms with Crippen LogP contribution in [-0.4, -0.2) is 32.3 Å². The lowest BCUT2D eigenvalue weighted by molar-refractivity contribution is 0.196. The molecule has 0 bridgehead atoms. The van der Waals surface area contributed by atoms with Crippen molar-refractivity contribution in [3.05, 3.63) is 23.9 Å². The highest BCUT2D eigenvalue weighted by atomic mass is 16.5. The van der Waals surface area contributed by atoms with Gasteiger partial charge >= 0.3 is 0 Å². The molecule has 1 rings (SSSR count). The molecule has 0 saturated carbocycles. The summed E-state index contributed by atoms with van der Waals surface area (Å²) in [6.45, 7) is 2.27. The Morgan fingerprint density at radius 3 is 2.80 bits per heavy atom. The number of anilines is 1. The maximum atomic E-state index is 5.50. The minimum Gasteiger partial charge on any atom is -0.385 e. The molecule has 1 heterocycles. The Hall–Kier alpha value is -1.13. The van der Waals surface area contributed by atoms with E-state index >= 15 is 0 Å². The molecule has 0 radical (unpaired) electrons. The molecule has 4 heteroatoms. The third kappa shape index (κ3) is 3.85. The molecule has 1 aromatic rings. The number of methoxy groups -OCH3 is 1. The molecule has 15 heavy (non-hydrogen) atoms. The number of hydrogen-bond acceptors (Lipinski definition) is 4. The lowest BCUT2D eigenvalue weighted by Crippen LogP contribution is -2.20. The molecule has 4 nitrogen and oxygen atoms in total. The predicted molar refractivity (Wildman–Crippen MR) is 61.9 cm³/mol. The van der Waals surface area contributed by atoms with Crippen LogP contribution < -0.4 is 10.6 Å². The predicted octanol–water partition coefficient (Wildman–Crippen LogP) is 1.01. The topological polar surface area (TPSA) is 51.4 Å². The number of pyridine rings is 1. The number of ether oxygens (including phenoxy) is 1. The minimum atomic E-state index is 0.542. The van der Waals surface area contributed by atoms with Crippen LogP contribution in [0.15, 0.2) is 18.3 Å². The highest BCUT2D eigenvalue weighted by molar-refractivity contribution is 5.38. The summed E-state index contributed by atoms with van der Waals surface area (Å²) in [6, 6.07) is 4.00. The summed E-state index contributed by atoms with van der Waals surface area (Å²) >= 11 is 0. The second-order valence-electron chi connectivity index (χ2n) is 3.50. The fraction of sp³-hybridized carbons (Fsp3) is 0.545. The first-order valence-electron chi connectivity index (χ1n) is 5.13. The van der Waals surface area contributed by atoms with E-state index in [4.69, 9.17) is 10.5 Å². The zero-order valence-corrected chi connectivity index (χ0v) is 9.44. The molecule has 2 N–H and O–H groups in total. The summed E-state index contributed by atoms with van der Waals surface area (Å²) in [5, 5.41) is 0. The Bertz CT molecular complexity index is 274. The molecule has 0 aliphatic carbocycles. The monoisotopic (exact) mass is 209 g/mol. The molecule has 0 spiro atoms. The maximum Gasteiger partial charge on any atom is 0.128 e. The Morgan fingerprint density at radius 2 is 2.27 bits per heavy atom. The zero-order valence-electron chi connectivity index (χ0n) is 9.44. The number of nitrogens with zero attached hydrogens (tertiary/aromatic N) is 2. The van der Waals surface area contributed by atoms with Gasteiger partial charge in [0, 0.05) is 40.1 Å². The Balaban J connectivity index is 2.46. The Kier molecular flexibility index (Phi) is 5.07. The van der Waals surface area contributed by atoms with Crippen molar-refractivity contribution < 1.29 is 4.74 Å². The zero-order chi connectivity index (χ0) is 11.1. The van der Waals surface area contributed by atoms with Crippen molar-refractivity contribution >= 4 is 5.82 Å². The van der Waals surface area contributed by atoms with Crippen LogP contribution in [0.3, 0.4) is 0 Å². The molecular weight excluding hydrogens is 190 g/mol. The van der Waals surface area contributed by atoms with Crippen molar-refractivity contribution in [1.29, 1.82) is 0 Å². The average molecular weight is 209 g/mol. The fourth-order valence-electron chi connectivity index (χ4n) is 1.32. The summed E-state index contributed by atoms with van der Waals surface area (Å²) in [6.07, 6.45) is 2.83. The summed E-state index contributed by atoms with van der Waals surface area (Å²) in [7, 11) is 3.74. The van der Waals surface area contributed by atoms with Crippen molar-refractivity contribution in [1.82, 2.24) is 4.98 Å². The van der Waals surface area contributed by atoms with Crippen molar-refractivity contribution in [3.8, 4) is 0 Å². The first kappa shape index (κ1) is 11.9. The van der Waals surface area contributed by atoms with Crippen LogP contribution in [-0.2, 0) is 11.3 Å². The van der Waals surface area contributed by atoms with E-state index in [2.05, 4.69) is 9.88 Å². The van der Waals surface area contributed by atoms with E-state index in [1.807, 2.05) is 25.4 Å². The largest absolute Gasteiger partial charge is 0.385 e. The van der Waals surface area contributed by atoms with Crippen LogP contribution in [0.5, 0.6) is 0 Å². The van der Waals surface area contributed by atoms with Gasteiger partial charge in [0.15, 0.2) is 0 Å². The standard InChI is InChI=1S/C11H19N3O/c1-14(6-3-7-15-2)11-5-4-10(8-12)9-13-11/h4-5,9H,3,6-8,12H2,1-2H3.